The van der Waals surface area contributed by atoms with E-state index >= 15 is 0 Å². The topological polar surface area (TPSA) is 68.1 Å². The molecule has 5 heteroatoms. The minimum Gasteiger partial charge on any atom is -0.485 e. The average molecular weight is 309 g/mol. The molecule has 1 aliphatic heterocycles. The first-order valence-corrected chi connectivity index (χ1v) is 7.05. The molecule has 1 unspecified atom stereocenters. The first-order chi connectivity index (χ1) is 9.47. The number of hydrogen-bond donors (Lipinski definition) is 2. The first-order valence-electron chi connectivity index (χ1n) is 7.05. The standard InChI is InChI=1S/C16H20N2O2.ClH/c1-4-10-6-12-13(18-15(10)19)9(2)5-11-7-16(3,8-17)20-14(11)12;/h5-6H,4,7-8,17H2,1-3H3,(H,18,19);1H. The average Bonchev–Trinajstić information content (AvgIpc) is 2.76. The molecule has 2 heterocycles. The number of ether oxygens (including phenoxy) is 1. The van der Waals surface area contributed by atoms with E-state index < -0.39 is 0 Å². The van der Waals surface area contributed by atoms with Crippen LogP contribution in [-0.2, 0) is 12.8 Å². The van der Waals surface area contributed by atoms with E-state index in [4.69, 9.17) is 10.5 Å². The van der Waals surface area contributed by atoms with Crippen molar-refractivity contribution < 1.29 is 4.74 Å². The molecule has 0 bridgehead atoms. The van der Waals surface area contributed by atoms with Crippen LogP contribution in [0.1, 0.15) is 30.5 Å². The Kier molecular flexibility index (Phi) is 4.04. The van der Waals surface area contributed by atoms with Gasteiger partial charge in [-0.05, 0) is 37.5 Å². The van der Waals surface area contributed by atoms with Gasteiger partial charge in [0.25, 0.3) is 5.56 Å². The van der Waals surface area contributed by atoms with Gasteiger partial charge in [-0.15, -0.1) is 12.4 Å². The van der Waals surface area contributed by atoms with E-state index in [0.717, 1.165) is 34.2 Å². The Labute approximate surface area is 130 Å². The molecule has 0 amide bonds. The van der Waals surface area contributed by atoms with E-state index in [1.165, 1.54) is 5.56 Å². The number of aryl methyl sites for hydroxylation is 2. The molecule has 1 aliphatic rings. The van der Waals surface area contributed by atoms with Crippen LogP contribution < -0.4 is 16.0 Å². The molecule has 1 atom stereocenters. The summed E-state index contributed by atoms with van der Waals surface area (Å²) in [6, 6.07) is 4.06. The molecule has 2 aromatic rings. The Hall–Kier alpha value is -1.52. The molecule has 0 fully saturated rings. The number of benzene rings is 1. The highest BCUT2D eigenvalue weighted by Crippen LogP contribution is 2.41. The maximum Gasteiger partial charge on any atom is 0.251 e. The molecule has 114 valence electrons. The Morgan fingerprint density at radius 2 is 2.14 bits per heavy atom. The van der Waals surface area contributed by atoms with E-state index in [0.29, 0.717) is 13.0 Å². The highest BCUT2D eigenvalue weighted by atomic mass is 35.5. The van der Waals surface area contributed by atoms with Crippen LogP contribution in [0.4, 0.5) is 0 Å². The lowest BCUT2D eigenvalue weighted by Gasteiger charge is -2.21. The van der Waals surface area contributed by atoms with Gasteiger partial charge in [0.15, 0.2) is 0 Å². The summed E-state index contributed by atoms with van der Waals surface area (Å²) >= 11 is 0. The summed E-state index contributed by atoms with van der Waals surface area (Å²) in [5, 5.41) is 0.994. The van der Waals surface area contributed by atoms with E-state index in [-0.39, 0.29) is 23.6 Å². The van der Waals surface area contributed by atoms with Gasteiger partial charge in [-0.25, -0.2) is 0 Å². The van der Waals surface area contributed by atoms with E-state index in [9.17, 15) is 4.79 Å². The number of aromatic nitrogens is 1. The van der Waals surface area contributed by atoms with Crippen LogP contribution in [0, 0.1) is 6.92 Å². The van der Waals surface area contributed by atoms with Crippen LogP contribution in [0.2, 0.25) is 0 Å². The molecule has 0 saturated heterocycles. The minimum absolute atomic E-state index is 0. The maximum atomic E-state index is 12.0. The van der Waals surface area contributed by atoms with Crippen molar-refractivity contribution in [3.63, 3.8) is 0 Å². The number of pyridine rings is 1. The van der Waals surface area contributed by atoms with Crippen molar-refractivity contribution >= 4 is 23.3 Å². The highest BCUT2D eigenvalue weighted by molar-refractivity contribution is 5.90. The van der Waals surface area contributed by atoms with Gasteiger partial charge in [0.2, 0.25) is 0 Å². The summed E-state index contributed by atoms with van der Waals surface area (Å²) < 4.78 is 6.10. The van der Waals surface area contributed by atoms with Crippen LogP contribution in [0.15, 0.2) is 16.9 Å². The number of H-pyrrole nitrogens is 1. The summed E-state index contributed by atoms with van der Waals surface area (Å²) in [6.07, 6.45) is 1.53. The van der Waals surface area contributed by atoms with E-state index in [1.807, 2.05) is 26.8 Å². The Balaban J connectivity index is 0.00000161. The van der Waals surface area contributed by atoms with Gasteiger partial charge in [0.05, 0.1) is 5.52 Å². The second kappa shape index (κ2) is 5.35. The van der Waals surface area contributed by atoms with Crippen LogP contribution in [0.3, 0.4) is 0 Å². The maximum absolute atomic E-state index is 12.0. The van der Waals surface area contributed by atoms with Gasteiger partial charge in [-0.2, -0.15) is 0 Å². The molecule has 3 N–H and O–H groups in total. The second-order valence-electron chi connectivity index (χ2n) is 5.88. The third-order valence-corrected chi connectivity index (χ3v) is 4.16. The van der Waals surface area contributed by atoms with Crippen LogP contribution in [-0.4, -0.2) is 17.1 Å². The number of hydrogen-bond acceptors (Lipinski definition) is 3. The van der Waals surface area contributed by atoms with Crippen molar-refractivity contribution in [1.82, 2.24) is 4.98 Å². The fourth-order valence-corrected chi connectivity index (χ4v) is 2.95. The zero-order chi connectivity index (χ0) is 14.5. The molecule has 4 nitrogen and oxygen atoms in total. The predicted molar refractivity (Wildman–Crippen MR) is 87.7 cm³/mol. The molecule has 21 heavy (non-hydrogen) atoms. The number of fused-ring (bicyclic) bond motifs is 3. The van der Waals surface area contributed by atoms with Gasteiger partial charge < -0.3 is 15.5 Å². The summed E-state index contributed by atoms with van der Waals surface area (Å²) in [5.41, 5.74) is 9.38. The van der Waals surface area contributed by atoms with Crippen molar-refractivity contribution in [2.75, 3.05) is 6.54 Å². The van der Waals surface area contributed by atoms with Crippen LogP contribution in [0.25, 0.3) is 10.9 Å². The molecule has 1 aromatic heterocycles. The van der Waals surface area contributed by atoms with Gasteiger partial charge in [0.1, 0.15) is 11.4 Å². The van der Waals surface area contributed by atoms with E-state index in [1.54, 1.807) is 0 Å². The summed E-state index contributed by atoms with van der Waals surface area (Å²) in [4.78, 5) is 15.0. The highest BCUT2D eigenvalue weighted by Gasteiger charge is 2.35. The number of aromatic amines is 1. The lowest BCUT2D eigenvalue weighted by atomic mass is 9.96. The molecular weight excluding hydrogens is 288 g/mol. The molecular formula is C16H21ClN2O2. The Morgan fingerprint density at radius 3 is 2.76 bits per heavy atom. The minimum atomic E-state index is -0.342. The van der Waals surface area contributed by atoms with Crippen molar-refractivity contribution in [3.8, 4) is 5.75 Å². The normalized spacial score (nSPS) is 20.0. The third kappa shape index (κ3) is 2.43. The Bertz CT molecular complexity index is 754. The van der Waals surface area contributed by atoms with Gasteiger partial charge in [-0.3, -0.25) is 4.79 Å². The van der Waals surface area contributed by atoms with Gasteiger partial charge in [0, 0.05) is 23.9 Å². The zero-order valence-electron chi connectivity index (χ0n) is 12.6. The first kappa shape index (κ1) is 15.9. The number of nitrogens with two attached hydrogens (primary N) is 1. The van der Waals surface area contributed by atoms with Crippen molar-refractivity contribution in [1.29, 1.82) is 0 Å². The van der Waals surface area contributed by atoms with E-state index in [2.05, 4.69) is 11.1 Å². The molecule has 1 aromatic carbocycles. The van der Waals surface area contributed by atoms with Crippen LogP contribution in [0.5, 0.6) is 5.75 Å². The molecule has 3 rings (SSSR count). The lowest BCUT2D eigenvalue weighted by Crippen LogP contribution is -2.38. The fraction of sp³-hybridized carbons (Fsp3) is 0.438. The lowest BCUT2D eigenvalue weighted by molar-refractivity contribution is 0.127. The van der Waals surface area contributed by atoms with Crippen molar-refractivity contribution in [3.05, 3.63) is 39.2 Å². The second-order valence-corrected chi connectivity index (χ2v) is 5.88. The number of rotatable bonds is 2. The largest absolute Gasteiger partial charge is 0.485 e. The summed E-state index contributed by atoms with van der Waals surface area (Å²) in [7, 11) is 0. The zero-order valence-corrected chi connectivity index (χ0v) is 13.4. The van der Waals surface area contributed by atoms with Crippen molar-refractivity contribution in [2.45, 2.75) is 39.2 Å². The molecule has 0 aliphatic carbocycles. The smallest absolute Gasteiger partial charge is 0.251 e. The Morgan fingerprint density at radius 1 is 1.43 bits per heavy atom. The number of halogens is 1. The van der Waals surface area contributed by atoms with Gasteiger partial charge in [-0.1, -0.05) is 13.0 Å². The van der Waals surface area contributed by atoms with Gasteiger partial charge >= 0.3 is 0 Å². The van der Waals surface area contributed by atoms with Crippen molar-refractivity contribution in [2.24, 2.45) is 5.73 Å². The predicted octanol–water partition coefficient (Wildman–Crippen LogP) is 2.47. The fourth-order valence-electron chi connectivity index (χ4n) is 2.95. The number of nitrogens with one attached hydrogen (secondary N) is 1. The monoisotopic (exact) mass is 308 g/mol. The molecule has 0 saturated carbocycles. The third-order valence-electron chi connectivity index (χ3n) is 4.16. The quantitative estimate of drug-likeness (QED) is 0.895. The SMILES string of the molecule is CCc1cc2c3c(cc(C)c2[nH]c1=O)CC(C)(CN)O3.Cl. The summed E-state index contributed by atoms with van der Waals surface area (Å²) in [5.74, 6) is 0.879. The molecule has 0 spiro atoms. The molecule has 0 radical (unpaired) electrons. The summed E-state index contributed by atoms with van der Waals surface area (Å²) in [6.45, 7) is 6.51. The van der Waals surface area contributed by atoms with Crippen LogP contribution >= 0.6 is 12.4 Å².